The van der Waals surface area contributed by atoms with E-state index in [0.29, 0.717) is 0 Å². The van der Waals surface area contributed by atoms with Crippen LogP contribution in [0, 0.1) is 0 Å². The number of hydrogen-bond donors (Lipinski definition) is 2. The summed E-state index contributed by atoms with van der Waals surface area (Å²) in [5.74, 6) is 0.795. The van der Waals surface area contributed by atoms with E-state index < -0.39 is 0 Å². The van der Waals surface area contributed by atoms with Crippen molar-refractivity contribution in [2.24, 2.45) is 0 Å². The molecule has 2 heterocycles. The minimum absolute atomic E-state index is 0.117. The Morgan fingerprint density at radius 3 is 2.79 bits per heavy atom. The maximum atomic E-state index is 9.65. The summed E-state index contributed by atoms with van der Waals surface area (Å²) in [6, 6.07) is 8.34. The summed E-state index contributed by atoms with van der Waals surface area (Å²) in [5, 5.41) is 13.0. The van der Waals surface area contributed by atoms with E-state index in [2.05, 4.69) is 22.3 Å². The molecule has 24 heavy (non-hydrogen) atoms. The van der Waals surface area contributed by atoms with Crippen molar-refractivity contribution < 1.29 is 19.3 Å². The molecular weight excluding hydrogens is 308 g/mol. The summed E-state index contributed by atoms with van der Waals surface area (Å²) >= 11 is 0. The molecule has 134 valence electrons. The van der Waals surface area contributed by atoms with E-state index in [1.54, 1.807) is 0 Å². The van der Waals surface area contributed by atoms with Crippen molar-refractivity contribution in [3.05, 3.63) is 29.8 Å². The van der Waals surface area contributed by atoms with Crippen molar-refractivity contribution in [3.63, 3.8) is 0 Å². The van der Waals surface area contributed by atoms with Crippen LogP contribution in [-0.4, -0.2) is 62.5 Å². The third kappa shape index (κ3) is 4.91. The predicted octanol–water partition coefficient (Wildman–Crippen LogP) is 1.50. The number of ether oxygens (including phenoxy) is 3. The smallest absolute Gasteiger partial charge is 0.191 e. The molecule has 1 unspecified atom stereocenters. The predicted molar refractivity (Wildman–Crippen MR) is 90.9 cm³/mol. The van der Waals surface area contributed by atoms with Crippen LogP contribution in [0.15, 0.2) is 24.3 Å². The first-order chi connectivity index (χ1) is 11.7. The number of rotatable bonds is 8. The van der Waals surface area contributed by atoms with Gasteiger partial charge in [-0.05, 0) is 37.6 Å². The molecular formula is C18H28N2O4. The van der Waals surface area contributed by atoms with Gasteiger partial charge in [0.05, 0.1) is 6.10 Å². The van der Waals surface area contributed by atoms with Gasteiger partial charge in [-0.3, -0.25) is 4.90 Å². The molecule has 2 aliphatic rings. The average molecular weight is 336 g/mol. The van der Waals surface area contributed by atoms with Gasteiger partial charge < -0.3 is 24.6 Å². The van der Waals surface area contributed by atoms with Gasteiger partial charge in [-0.1, -0.05) is 12.1 Å². The summed E-state index contributed by atoms with van der Waals surface area (Å²) in [4.78, 5) is 2.30. The Morgan fingerprint density at radius 1 is 1.33 bits per heavy atom. The molecule has 2 saturated heterocycles. The molecule has 2 aliphatic heterocycles. The number of nitrogens with one attached hydrogen (secondary N) is 1. The fraction of sp³-hybridized carbons (Fsp3) is 0.667. The summed E-state index contributed by atoms with van der Waals surface area (Å²) in [6.07, 6.45) is 2.57. The van der Waals surface area contributed by atoms with Crippen molar-refractivity contribution in [1.82, 2.24) is 10.2 Å². The van der Waals surface area contributed by atoms with Crippen LogP contribution in [0.3, 0.4) is 0 Å². The van der Waals surface area contributed by atoms with Crippen molar-refractivity contribution in [2.45, 2.75) is 37.7 Å². The van der Waals surface area contributed by atoms with E-state index in [1.165, 1.54) is 5.56 Å². The zero-order valence-corrected chi connectivity index (χ0v) is 14.3. The van der Waals surface area contributed by atoms with Crippen LogP contribution >= 0.6 is 0 Å². The quantitative estimate of drug-likeness (QED) is 0.702. The van der Waals surface area contributed by atoms with Crippen LogP contribution in [0.2, 0.25) is 0 Å². The van der Waals surface area contributed by atoms with E-state index in [9.17, 15) is 5.11 Å². The molecule has 2 N–H and O–H groups in total. The minimum atomic E-state index is -0.179. The Hall–Kier alpha value is -1.18. The molecule has 2 fully saturated rings. The van der Waals surface area contributed by atoms with Crippen molar-refractivity contribution in [1.29, 1.82) is 0 Å². The van der Waals surface area contributed by atoms with Crippen LogP contribution < -0.4 is 10.1 Å². The maximum absolute atomic E-state index is 9.65. The largest absolute Gasteiger partial charge is 0.467 e. The minimum Gasteiger partial charge on any atom is -0.467 e. The van der Waals surface area contributed by atoms with Gasteiger partial charge in [-0.2, -0.15) is 0 Å². The number of benzene rings is 1. The van der Waals surface area contributed by atoms with Gasteiger partial charge in [0.2, 0.25) is 0 Å². The highest BCUT2D eigenvalue weighted by Crippen LogP contribution is 2.21. The highest BCUT2D eigenvalue weighted by atomic mass is 16.7. The molecule has 0 saturated carbocycles. The number of hydrogen-bond acceptors (Lipinski definition) is 6. The topological polar surface area (TPSA) is 63.2 Å². The van der Waals surface area contributed by atoms with Crippen molar-refractivity contribution in [2.75, 3.05) is 40.1 Å². The van der Waals surface area contributed by atoms with Gasteiger partial charge >= 0.3 is 0 Å². The third-order valence-electron chi connectivity index (χ3n) is 4.69. The number of β-amino-alcohol motifs (C(OH)–C–C–N with tert-alkyl or cyclic N) is 1. The van der Waals surface area contributed by atoms with E-state index in [0.717, 1.165) is 51.3 Å². The first-order valence-corrected chi connectivity index (χ1v) is 8.78. The second-order valence-electron chi connectivity index (χ2n) is 6.48. The van der Waals surface area contributed by atoms with E-state index in [-0.39, 0.29) is 25.2 Å². The summed E-state index contributed by atoms with van der Waals surface area (Å²) in [5.41, 5.74) is 1.21. The van der Waals surface area contributed by atoms with Crippen LogP contribution in [0.5, 0.6) is 5.75 Å². The summed E-state index contributed by atoms with van der Waals surface area (Å²) in [7, 11) is 1.97. The molecule has 0 aliphatic carbocycles. The Kier molecular flexibility index (Phi) is 6.45. The van der Waals surface area contributed by atoms with Crippen molar-refractivity contribution >= 4 is 0 Å². The van der Waals surface area contributed by atoms with Gasteiger partial charge in [0, 0.05) is 38.7 Å². The van der Waals surface area contributed by atoms with Crippen LogP contribution in [0.25, 0.3) is 0 Å². The molecule has 3 atom stereocenters. The van der Waals surface area contributed by atoms with Crippen LogP contribution in [0.4, 0.5) is 0 Å². The number of aliphatic hydroxyl groups is 1. The SMILES string of the molecule is CN[C@H](CN1CC[C@H](O)C1)c1ccc(OCOC2CCCO2)cc1. The molecule has 1 aromatic carbocycles. The summed E-state index contributed by atoms with van der Waals surface area (Å²) in [6.45, 7) is 3.61. The fourth-order valence-electron chi connectivity index (χ4n) is 3.25. The van der Waals surface area contributed by atoms with E-state index in [4.69, 9.17) is 14.2 Å². The lowest BCUT2D eigenvalue weighted by Crippen LogP contribution is -2.33. The maximum Gasteiger partial charge on any atom is 0.191 e. The molecule has 0 spiro atoms. The molecule has 0 aromatic heterocycles. The Labute approximate surface area is 143 Å². The molecule has 3 rings (SSSR count). The number of likely N-dealkylation sites (tertiary alicyclic amines) is 1. The normalized spacial score (nSPS) is 25.9. The number of nitrogens with zero attached hydrogens (tertiary/aromatic N) is 1. The second kappa shape index (κ2) is 8.78. The number of aliphatic hydroxyl groups excluding tert-OH is 1. The first-order valence-electron chi connectivity index (χ1n) is 8.78. The van der Waals surface area contributed by atoms with Crippen LogP contribution in [0.1, 0.15) is 30.9 Å². The molecule has 0 radical (unpaired) electrons. The van der Waals surface area contributed by atoms with Gasteiger partial charge in [0.1, 0.15) is 5.75 Å². The zero-order chi connectivity index (χ0) is 16.8. The zero-order valence-electron chi connectivity index (χ0n) is 14.3. The van der Waals surface area contributed by atoms with Gasteiger partial charge in [0.15, 0.2) is 13.1 Å². The lowest BCUT2D eigenvalue weighted by Gasteiger charge is -2.23. The van der Waals surface area contributed by atoms with E-state index in [1.807, 2.05) is 19.2 Å². The van der Waals surface area contributed by atoms with E-state index >= 15 is 0 Å². The standard InChI is InChI=1S/C18H28N2O4/c1-19-17(12-20-9-8-15(21)11-20)14-4-6-16(7-5-14)23-13-24-18-3-2-10-22-18/h4-7,15,17-19,21H,2-3,8-13H2,1H3/t15-,17+,18?/m0/s1. The first kappa shape index (κ1) is 17.6. The Bertz CT molecular complexity index is 490. The second-order valence-corrected chi connectivity index (χ2v) is 6.48. The monoisotopic (exact) mass is 336 g/mol. The molecule has 0 amide bonds. The third-order valence-corrected chi connectivity index (χ3v) is 4.69. The van der Waals surface area contributed by atoms with Crippen LogP contribution in [-0.2, 0) is 9.47 Å². The Morgan fingerprint density at radius 2 is 2.17 bits per heavy atom. The van der Waals surface area contributed by atoms with Gasteiger partial charge in [-0.25, -0.2) is 0 Å². The molecule has 6 nitrogen and oxygen atoms in total. The van der Waals surface area contributed by atoms with Gasteiger partial charge in [0.25, 0.3) is 0 Å². The van der Waals surface area contributed by atoms with Crippen molar-refractivity contribution in [3.8, 4) is 5.75 Å². The highest BCUT2D eigenvalue weighted by molar-refractivity contribution is 5.29. The molecule has 6 heteroatoms. The lowest BCUT2D eigenvalue weighted by atomic mass is 10.1. The average Bonchev–Trinajstić information content (AvgIpc) is 3.25. The van der Waals surface area contributed by atoms with Gasteiger partial charge in [-0.15, -0.1) is 0 Å². The lowest BCUT2D eigenvalue weighted by molar-refractivity contribution is -0.149. The Balaban J connectivity index is 1.46. The highest BCUT2D eigenvalue weighted by Gasteiger charge is 2.23. The summed E-state index contributed by atoms with van der Waals surface area (Å²) < 4.78 is 16.5. The number of likely N-dealkylation sites (N-methyl/N-ethyl adjacent to an activating group) is 1. The molecule has 0 bridgehead atoms. The fourth-order valence-corrected chi connectivity index (χ4v) is 3.25. The molecule has 1 aromatic rings.